The minimum atomic E-state index is -0.196. The smallest absolute Gasteiger partial charge is 0.270 e. The predicted molar refractivity (Wildman–Crippen MR) is 112 cm³/mol. The van der Waals surface area contributed by atoms with Crippen molar-refractivity contribution in [3.63, 3.8) is 0 Å². The molecule has 0 spiro atoms. The van der Waals surface area contributed by atoms with Gasteiger partial charge in [0.25, 0.3) is 5.91 Å². The predicted octanol–water partition coefficient (Wildman–Crippen LogP) is 3.11. The Balaban J connectivity index is 1.85. The van der Waals surface area contributed by atoms with Gasteiger partial charge in [-0.05, 0) is 31.8 Å². The largest absolute Gasteiger partial charge is 0.349 e. The number of amides is 1. The van der Waals surface area contributed by atoms with Crippen molar-refractivity contribution >= 4 is 17.4 Å². The van der Waals surface area contributed by atoms with E-state index in [-0.39, 0.29) is 5.91 Å². The van der Waals surface area contributed by atoms with Crippen molar-refractivity contribution in [1.29, 1.82) is 0 Å². The highest BCUT2D eigenvalue weighted by Crippen LogP contribution is 2.25. The van der Waals surface area contributed by atoms with Crippen LogP contribution in [0.5, 0.6) is 0 Å². The molecule has 0 bridgehead atoms. The molecule has 144 valence electrons. The summed E-state index contributed by atoms with van der Waals surface area (Å²) in [5.41, 5.74) is 2.52. The monoisotopic (exact) mass is 375 g/mol. The summed E-state index contributed by atoms with van der Waals surface area (Å²) in [4.78, 5) is 25.1. The van der Waals surface area contributed by atoms with E-state index in [1.165, 1.54) is 6.33 Å². The van der Waals surface area contributed by atoms with Crippen molar-refractivity contribution in [2.75, 3.05) is 32.1 Å². The molecule has 6 heteroatoms. The molecule has 28 heavy (non-hydrogen) atoms. The van der Waals surface area contributed by atoms with E-state index in [2.05, 4.69) is 32.3 Å². The van der Waals surface area contributed by atoms with E-state index in [9.17, 15) is 4.79 Å². The number of aromatic nitrogens is 2. The summed E-state index contributed by atoms with van der Waals surface area (Å²) in [5, 5.41) is 2.90. The van der Waals surface area contributed by atoms with Gasteiger partial charge in [-0.2, -0.15) is 0 Å². The van der Waals surface area contributed by atoms with Crippen molar-refractivity contribution in [2.45, 2.75) is 6.54 Å². The third kappa shape index (κ3) is 5.37. The number of anilines is 2. The Labute approximate surface area is 165 Å². The molecular formula is C22H25N5O. The van der Waals surface area contributed by atoms with Gasteiger partial charge in [0.2, 0.25) is 0 Å². The number of nitrogens with zero attached hydrogens (tertiary/aromatic N) is 4. The van der Waals surface area contributed by atoms with Crippen molar-refractivity contribution in [2.24, 2.45) is 0 Å². The average Bonchev–Trinajstić information content (AvgIpc) is 2.73. The molecule has 1 amide bonds. The molecule has 1 heterocycles. The topological polar surface area (TPSA) is 61.4 Å². The van der Waals surface area contributed by atoms with Crippen molar-refractivity contribution in [1.82, 2.24) is 20.2 Å². The summed E-state index contributed by atoms with van der Waals surface area (Å²) in [6, 6.07) is 21.9. The summed E-state index contributed by atoms with van der Waals surface area (Å²) >= 11 is 0. The lowest BCUT2D eigenvalue weighted by atomic mass is 10.2. The number of carbonyl (C=O) groups is 1. The number of benzene rings is 2. The van der Waals surface area contributed by atoms with E-state index in [0.29, 0.717) is 24.6 Å². The molecule has 0 radical (unpaired) electrons. The van der Waals surface area contributed by atoms with Crippen LogP contribution in [-0.4, -0.2) is 48.0 Å². The number of rotatable bonds is 8. The fraction of sp³-hybridized carbons (Fsp3) is 0.227. The van der Waals surface area contributed by atoms with Crippen LogP contribution < -0.4 is 10.2 Å². The summed E-state index contributed by atoms with van der Waals surface area (Å²) in [6.45, 7) is 1.98. The van der Waals surface area contributed by atoms with Gasteiger partial charge < -0.3 is 15.1 Å². The van der Waals surface area contributed by atoms with Crippen LogP contribution in [0.15, 0.2) is 73.1 Å². The Morgan fingerprint density at radius 3 is 2.32 bits per heavy atom. The molecular weight excluding hydrogens is 350 g/mol. The third-order valence-electron chi connectivity index (χ3n) is 4.26. The molecule has 0 fully saturated rings. The van der Waals surface area contributed by atoms with Crippen LogP contribution in [0.2, 0.25) is 0 Å². The second kappa shape index (κ2) is 9.62. The molecule has 0 saturated heterocycles. The molecule has 3 rings (SSSR count). The third-order valence-corrected chi connectivity index (χ3v) is 4.26. The lowest BCUT2D eigenvalue weighted by Crippen LogP contribution is -2.32. The standard InChI is InChI=1S/C22H25N5O/c1-26(2)14-13-23-22(28)20-15-21(25-17-24-20)27(19-11-7-4-8-12-19)16-18-9-5-3-6-10-18/h3-12,15,17H,13-14,16H2,1-2H3,(H,23,28). The molecule has 0 aliphatic carbocycles. The quantitative estimate of drug-likeness (QED) is 0.656. The Hall–Kier alpha value is -3.25. The van der Waals surface area contributed by atoms with E-state index >= 15 is 0 Å². The number of carbonyl (C=O) groups excluding carboxylic acids is 1. The van der Waals surface area contributed by atoms with Gasteiger partial charge in [-0.1, -0.05) is 48.5 Å². The molecule has 1 N–H and O–H groups in total. The lowest BCUT2D eigenvalue weighted by Gasteiger charge is -2.24. The number of likely N-dealkylation sites (N-methyl/N-ethyl adjacent to an activating group) is 1. The molecule has 1 aromatic heterocycles. The first kappa shape index (κ1) is 19.5. The van der Waals surface area contributed by atoms with E-state index in [1.54, 1.807) is 6.07 Å². The van der Waals surface area contributed by atoms with E-state index in [1.807, 2.05) is 67.5 Å². The Morgan fingerprint density at radius 2 is 1.64 bits per heavy atom. The van der Waals surface area contributed by atoms with Gasteiger partial charge >= 0.3 is 0 Å². The van der Waals surface area contributed by atoms with Crippen LogP contribution in [0, 0.1) is 0 Å². The highest BCUT2D eigenvalue weighted by Gasteiger charge is 2.15. The first-order valence-corrected chi connectivity index (χ1v) is 9.25. The lowest BCUT2D eigenvalue weighted by molar-refractivity contribution is 0.0946. The maximum absolute atomic E-state index is 12.5. The summed E-state index contributed by atoms with van der Waals surface area (Å²) in [7, 11) is 3.94. The van der Waals surface area contributed by atoms with Gasteiger partial charge in [0.05, 0.1) is 0 Å². The van der Waals surface area contributed by atoms with Crippen molar-refractivity contribution in [3.8, 4) is 0 Å². The molecule has 0 aliphatic rings. The van der Waals surface area contributed by atoms with Gasteiger partial charge in [-0.15, -0.1) is 0 Å². The van der Waals surface area contributed by atoms with Crippen molar-refractivity contribution in [3.05, 3.63) is 84.3 Å². The fourth-order valence-corrected chi connectivity index (χ4v) is 2.78. The zero-order valence-electron chi connectivity index (χ0n) is 16.2. The molecule has 0 atom stereocenters. The summed E-state index contributed by atoms with van der Waals surface area (Å²) in [5.74, 6) is 0.487. The molecule has 2 aromatic carbocycles. The van der Waals surface area contributed by atoms with Gasteiger partial charge in [0.15, 0.2) is 0 Å². The first-order valence-electron chi connectivity index (χ1n) is 9.25. The van der Waals surface area contributed by atoms with E-state index < -0.39 is 0 Å². The van der Waals surface area contributed by atoms with E-state index in [0.717, 1.165) is 17.8 Å². The minimum Gasteiger partial charge on any atom is -0.349 e. The highest BCUT2D eigenvalue weighted by molar-refractivity contribution is 5.93. The first-order chi connectivity index (χ1) is 13.6. The van der Waals surface area contributed by atoms with Crippen LogP contribution in [-0.2, 0) is 6.54 Å². The number of hydrogen-bond acceptors (Lipinski definition) is 5. The van der Waals surface area contributed by atoms with Crippen LogP contribution in [0.1, 0.15) is 16.1 Å². The second-order valence-corrected chi connectivity index (χ2v) is 6.73. The minimum absolute atomic E-state index is 0.196. The van der Waals surface area contributed by atoms with Gasteiger partial charge in [-0.25, -0.2) is 9.97 Å². The molecule has 0 aliphatic heterocycles. The molecule has 0 unspecified atom stereocenters. The zero-order chi connectivity index (χ0) is 19.8. The number of nitrogens with one attached hydrogen (secondary N) is 1. The molecule has 3 aromatic rings. The summed E-state index contributed by atoms with van der Waals surface area (Å²) in [6.07, 6.45) is 1.44. The second-order valence-electron chi connectivity index (χ2n) is 6.73. The molecule has 6 nitrogen and oxygen atoms in total. The Bertz CT molecular complexity index is 884. The van der Waals surface area contributed by atoms with Gasteiger partial charge in [-0.3, -0.25) is 4.79 Å². The number of hydrogen-bond donors (Lipinski definition) is 1. The summed E-state index contributed by atoms with van der Waals surface area (Å²) < 4.78 is 0. The maximum atomic E-state index is 12.5. The maximum Gasteiger partial charge on any atom is 0.270 e. The number of para-hydroxylation sites is 1. The van der Waals surface area contributed by atoms with Crippen LogP contribution in [0.4, 0.5) is 11.5 Å². The van der Waals surface area contributed by atoms with Crippen LogP contribution >= 0.6 is 0 Å². The average molecular weight is 375 g/mol. The van der Waals surface area contributed by atoms with Gasteiger partial charge in [0, 0.05) is 31.4 Å². The zero-order valence-corrected chi connectivity index (χ0v) is 16.2. The Morgan fingerprint density at radius 1 is 0.964 bits per heavy atom. The Kier molecular flexibility index (Phi) is 6.70. The molecule has 0 saturated carbocycles. The van der Waals surface area contributed by atoms with Crippen LogP contribution in [0.3, 0.4) is 0 Å². The van der Waals surface area contributed by atoms with Gasteiger partial charge in [0.1, 0.15) is 17.8 Å². The fourth-order valence-electron chi connectivity index (χ4n) is 2.78. The van der Waals surface area contributed by atoms with Crippen LogP contribution in [0.25, 0.3) is 0 Å². The normalized spacial score (nSPS) is 10.7. The van der Waals surface area contributed by atoms with E-state index in [4.69, 9.17) is 0 Å². The SMILES string of the molecule is CN(C)CCNC(=O)c1cc(N(Cc2ccccc2)c2ccccc2)ncn1. The van der Waals surface area contributed by atoms with Crippen molar-refractivity contribution < 1.29 is 4.79 Å². The highest BCUT2D eigenvalue weighted by atomic mass is 16.1.